The molecule has 4 atom stereocenters. The number of benzene rings is 2. The van der Waals surface area contributed by atoms with E-state index in [-0.39, 0.29) is 0 Å². The van der Waals surface area contributed by atoms with Crippen LogP contribution in [0.5, 0.6) is 0 Å². The first kappa shape index (κ1) is 21.5. The molecule has 0 aliphatic heterocycles. The molecule has 2 aromatic carbocycles. The van der Waals surface area contributed by atoms with Crippen molar-refractivity contribution in [1.29, 1.82) is 0 Å². The second-order valence-electron chi connectivity index (χ2n) is 9.84. The molecule has 0 saturated heterocycles. The number of rotatable bonds is 7. The van der Waals surface area contributed by atoms with Gasteiger partial charge >= 0.3 is 0 Å². The van der Waals surface area contributed by atoms with E-state index in [9.17, 15) is 8.78 Å². The van der Waals surface area contributed by atoms with Gasteiger partial charge in [0.2, 0.25) is 0 Å². The fourth-order valence-corrected chi connectivity index (χ4v) is 6.08. The van der Waals surface area contributed by atoms with Crippen molar-refractivity contribution in [1.82, 2.24) is 0 Å². The third-order valence-electron chi connectivity index (χ3n) is 7.77. The fourth-order valence-electron chi connectivity index (χ4n) is 6.08. The molecule has 30 heavy (non-hydrogen) atoms. The Morgan fingerprint density at radius 1 is 0.733 bits per heavy atom. The molecule has 0 spiro atoms. The molecule has 0 heterocycles. The summed E-state index contributed by atoms with van der Waals surface area (Å²) in [5.41, 5.74) is 2.89. The van der Waals surface area contributed by atoms with Gasteiger partial charge in [0.1, 0.15) is 11.6 Å². The summed E-state index contributed by atoms with van der Waals surface area (Å²) in [6.45, 7) is 2.29. The zero-order valence-electron chi connectivity index (χ0n) is 18.4. The first-order chi connectivity index (χ1) is 14.6. The van der Waals surface area contributed by atoms with Gasteiger partial charge in [0.25, 0.3) is 0 Å². The monoisotopic (exact) mass is 410 g/mol. The highest BCUT2D eigenvalue weighted by Crippen LogP contribution is 2.48. The van der Waals surface area contributed by atoms with E-state index in [0.29, 0.717) is 11.5 Å². The zero-order valence-corrected chi connectivity index (χ0v) is 18.4. The molecule has 1 unspecified atom stereocenters. The lowest BCUT2D eigenvalue weighted by Crippen LogP contribution is -2.30. The third kappa shape index (κ3) is 5.31. The Balaban J connectivity index is 1.33. The van der Waals surface area contributed by atoms with Gasteiger partial charge in [0.15, 0.2) is 0 Å². The predicted octanol–water partition coefficient (Wildman–Crippen LogP) is 8.90. The molecule has 2 fully saturated rings. The standard InChI is InChI=1S/C28H36F2/c1-2-3-4-5-6-20-7-8-25-16-24(14-13-23(25)15-20)21-9-11-22(12-10-21)26-17-27(29)19-28(30)18-26/h9-12,17-20,23-25H,2-8,13-16H2,1H3/t20?,23-,24-,25-/m1/s1. The number of fused-ring (bicyclic) bond motifs is 1. The summed E-state index contributed by atoms with van der Waals surface area (Å²) in [5.74, 6) is 2.42. The maximum Gasteiger partial charge on any atom is 0.126 e. The van der Waals surface area contributed by atoms with Crippen LogP contribution in [0.4, 0.5) is 8.78 Å². The van der Waals surface area contributed by atoms with Crippen LogP contribution in [0.1, 0.15) is 89.0 Å². The van der Waals surface area contributed by atoms with Crippen LogP contribution in [-0.2, 0) is 0 Å². The molecule has 0 radical (unpaired) electrons. The van der Waals surface area contributed by atoms with Crippen LogP contribution in [-0.4, -0.2) is 0 Å². The molecule has 2 aliphatic rings. The Morgan fingerprint density at radius 2 is 1.43 bits per heavy atom. The van der Waals surface area contributed by atoms with Gasteiger partial charge in [0.05, 0.1) is 0 Å². The third-order valence-corrected chi connectivity index (χ3v) is 7.77. The van der Waals surface area contributed by atoms with Crippen molar-refractivity contribution >= 4 is 0 Å². The van der Waals surface area contributed by atoms with E-state index < -0.39 is 11.6 Å². The Kier molecular flexibility index (Phi) is 7.23. The van der Waals surface area contributed by atoms with Crippen molar-refractivity contribution in [2.45, 2.75) is 83.5 Å². The Labute approximate surface area is 181 Å². The lowest BCUT2D eigenvalue weighted by atomic mass is 9.63. The first-order valence-electron chi connectivity index (χ1n) is 12.2. The van der Waals surface area contributed by atoms with E-state index >= 15 is 0 Å². The maximum absolute atomic E-state index is 13.5. The average Bonchev–Trinajstić information content (AvgIpc) is 2.76. The van der Waals surface area contributed by atoms with Crippen LogP contribution in [0, 0.1) is 29.4 Å². The SMILES string of the molecule is CCCCCCC1CC[C@@H]2C[C@H](c3ccc(-c4cc(F)cc(F)c4)cc3)CC[C@@H]2C1. The Hall–Kier alpha value is -1.70. The Bertz CT molecular complexity index is 790. The largest absolute Gasteiger partial charge is 0.207 e. The van der Waals surface area contributed by atoms with Crippen molar-refractivity contribution in [2.24, 2.45) is 17.8 Å². The van der Waals surface area contributed by atoms with Crippen molar-refractivity contribution in [3.63, 3.8) is 0 Å². The smallest absolute Gasteiger partial charge is 0.126 e. The second-order valence-corrected chi connectivity index (χ2v) is 9.84. The van der Waals surface area contributed by atoms with Crippen LogP contribution in [0.25, 0.3) is 11.1 Å². The van der Waals surface area contributed by atoms with Crippen LogP contribution in [0.3, 0.4) is 0 Å². The molecule has 4 rings (SSSR count). The predicted molar refractivity (Wildman–Crippen MR) is 121 cm³/mol. The molecule has 162 valence electrons. The summed E-state index contributed by atoms with van der Waals surface area (Å²) in [7, 11) is 0. The summed E-state index contributed by atoms with van der Waals surface area (Å²) in [6, 6.07) is 12.2. The normalized spacial score (nSPS) is 26.4. The van der Waals surface area contributed by atoms with Crippen LogP contribution >= 0.6 is 0 Å². The van der Waals surface area contributed by atoms with Crippen LogP contribution in [0.15, 0.2) is 42.5 Å². The summed E-state index contributed by atoms with van der Waals surface area (Å²) >= 11 is 0. The van der Waals surface area contributed by atoms with Gasteiger partial charge in [-0.3, -0.25) is 0 Å². The molecule has 0 N–H and O–H groups in total. The van der Waals surface area contributed by atoms with Gasteiger partial charge in [-0.2, -0.15) is 0 Å². The van der Waals surface area contributed by atoms with Crippen molar-refractivity contribution in [2.75, 3.05) is 0 Å². The Morgan fingerprint density at radius 3 is 2.17 bits per heavy atom. The van der Waals surface area contributed by atoms with Gasteiger partial charge < -0.3 is 0 Å². The maximum atomic E-state index is 13.5. The highest BCUT2D eigenvalue weighted by Gasteiger charge is 2.35. The first-order valence-corrected chi connectivity index (χ1v) is 12.2. The molecule has 0 amide bonds. The van der Waals surface area contributed by atoms with E-state index in [0.717, 1.165) is 29.4 Å². The molecule has 2 aliphatic carbocycles. The highest BCUT2D eigenvalue weighted by molar-refractivity contribution is 5.63. The van der Waals surface area contributed by atoms with Crippen molar-refractivity contribution in [3.05, 3.63) is 59.7 Å². The van der Waals surface area contributed by atoms with E-state index in [1.54, 1.807) is 0 Å². The number of halogens is 2. The number of hydrogen-bond acceptors (Lipinski definition) is 0. The number of hydrogen-bond donors (Lipinski definition) is 0. The van der Waals surface area contributed by atoms with Gasteiger partial charge in [-0.25, -0.2) is 8.78 Å². The lowest BCUT2D eigenvalue weighted by molar-refractivity contribution is 0.113. The van der Waals surface area contributed by atoms with Crippen LogP contribution < -0.4 is 0 Å². The summed E-state index contributed by atoms with van der Waals surface area (Å²) in [6.07, 6.45) is 15.3. The van der Waals surface area contributed by atoms with E-state index in [4.69, 9.17) is 0 Å². The van der Waals surface area contributed by atoms with Gasteiger partial charge in [-0.05, 0) is 84.6 Å². The summed E-state index contributed by atoms with van der Waals surface area (Å²) < 4.78 is 27.1. The van der Waals surface area contributed by atoms with E-state index in [1.165, 1.54) is 88.3 Å². The lowest BCUT2D eigenvalue weighted by Gasteiger charge is -2.42. The minimum absolute atomic E-state index is 0.520. The van der Waals surface area contributed by atoms with Crippen molar-refractivity contribution < 1.29 is 8.78 Å². The molecular formula is C28H36F2. The number of unbranched alkanes of at least 4 members (excludes halogenated alkanes) is 3. The van der Waals surface area contributed by atoms with Gasteiger partial charge in [0, 0.05) is 6.07 Å². The van der Waals surface area contributed by atoms with Crippen LogP contribution in [0.2, 0.25) is 0 Å². The highest BCUT2D eigenvalue weighted by atomic mass is 19.1. The van der Waals surface area contributed by atoms with Gasteiger partial charge in [-0.15, -0.1) is 0 Å². The molecule has 2 saturated carbocycles. The fraction of sp³-hybridized carbons (Fsp3) is 0.571. The molecule has 2 heteroatoms. The molecule has 0 aromatic heterocycles. The summed E-state index contributed by atoms with van der Waals surface area (Å²) in [5, 5.41) is 0. The molecule has 0 bridgehead atoms. The summed E-state index contributed by atoms with van der Waals surface area (Å²) in [4.78, 5) is 0. The molecule has 0 nitrogen and oxygen atoms in total. The molecular weight excluding hydrogens is 374 g/mol. The minimum Gasteiger partial charge on any atom is -0.207 e. The van der Waals surface area contributed by atoms with E-state index in [2.05, 4.69) is 19.1 Å². The van der Waals surface area contributed by atoms with Crippen molar-refractivity contribution in [3.8, 4) is 11.1 Å². The topological polar surface area (TPSA) is 0 Å². The second kappa shape index (κ2) is 10.1. The minimum atomic E-state index is -0.520. The zero-order chi connectivity index (χ0) is 20.9. The quantitative estimate of drug-likeness (QED) is 0.400. The van der Waals surface area contributed by atoms with Gasteiger partial charge in [-0.1, -0.05) is 69.7 Å². The van der Waals surface area contributed by atoms with E-state index in [1.807, 2.05) is 12.1 Å². The average molecular weight is 411 g/mol. The molecule has 2 aromatic rings.